The number of carbonyl (C=O) groups is 1. The first-order valence-corrected chi connectivity index (χ1v) is 5.59. The van der Waals surface area contributed by atoms with Gasteiger partial charge in [0.05, 0.1) is 6.61 Å². The number of aliphatic hydroxyl groups is 1. The molecule has 0 fully saturated rings. The molecule has 2 N–H and O–H groups in total. The van der Waals surface area contributed by atoms with Crippen molar-refractivity contribution >= 4 is 6.09 Å². The third kappa shape index (κ3) is 6.45. The van der Waals surface area contributed by atoms with Crippen LogP contribution in [0.25, 0.3) is 0 Å². The Kier molecular flexibility index (Phi) is 6.81. The smallest absolute Gasteiger partial charge is 0.407 e. The van der Waals surface area contributed by atoms with Crippen molar-refractivity contribution in [2.75, 3.05) is 19.8 Å². The maximum atomic E-state index is 11.3. The summed E-state index contributed by atoms with van der Waals surface area (Å²) in [5, 5.41) is 11.8. The van der Waals surface area contributed by atoms with E-state index < -0.39 is 6.09 Å². The Labute approximate surface area is 97.7 Å². The molecule has 0 rings (SSSR count). The van der Waals surface area contributed by atoms with Crippen molar-refractivity contribution in [3.63, 3.8) is 0 Å². The molecule has 0 saturated heterocycles. The minimum Gasteiger partial charge on any atom is -0.449 e. The lowest BCUT2D eigenvalue weighted by molar-refractivity contribution is 0.0437. The van der Waals surface area contributed by atoms with Crippen LogP contribution in [0.5, 0.6) is 0 Å². The van der Waals surface area contributed by atoms with Crippen LogP contribution in [0.2, 0.25) is 0 Å². The number of hydrogen-bond donors (Lipinski definition) is 2. The number of nitrogens with one attached hydrogen (secondary N) is 1. The average Bonchev–Trinajstić information content (AvgIpc) is 2.24. The third-order valence-electron chi connectivity index (χ3n) is 2.32. The van der Waals surface area contributed by atoms with E-state index in [2.05, 4.69) is 11.9 Å². The van der Waals surface area contributed by atoms with Crippen molar-refractivity contribution < 1.29 is 14.6 Å². The molecule has 0 aromatic carbocycles. The molecular weight excluding hydrogens is 206 g/mol. The second kappa shape index (κ2) is 7.28. The van der Waals surface area contributed by atoms with Gasteiger partial charge < -0.3 is 15.2 Å². The monoisotopic (exact) mass is 229 g/mol. The van der Waals surface area contributed by atoms with Crippen LogP contribution in [0, 0.1) is 5.41 Å². The quantitative estimate of drug-likeness (QED) is 0.657. The highest BCUT2D eigenvalue weighted by Crippen LogP contribution is 2.22. The number of aliphatic hydroxyl groups excluding tert-OH is 1. The fourth-order valence-corrected chi connectivity index (χ4v) is 1.31. The van der Waals surface area contributed by atoms with Gasteiger partial charge in [0.2, 0.25) is 0 Å². The summed E-state index contributed by atoms with van der Waals surface area (Å²) in [4.78, 5) is 11.3. The van der Waals surface area contributed by atoms with Crippen LogP contribution in [0.15, 0.2) is 12.2 Å². The molecule has 1 amide bonds. The second-order valence-corrected chi connectivity index (χ2v) is 4.61. The number of alkyl carbamates (subject to hydrolysis) is 1. The molecule has 0 spiro atoms. The minimum absolute atomic E-state index is 0.0224. The highest BCUT2D eigenvalue weighted by Gasteiger charge is 2.24. The summed E-state index contributed by atoms with van der Waals surface area (Å²) in [5.41, 5.74) is 0.533. The van der Waals surface area contributed by atoms with Crippen LogP contribution in [0.1, 0.15) is 33.6 Å². The lowest BCUT2D eigenvalue weighted by Crippen LogP contribution is -2.33. The first kappa shape index (κ1) is 15.0. The number of rotatable bonds is 7. The van der Waals surface area contributed by atoms with Gasteiger partial charge in [0, 0.05) is 12.0 Å². The van der Waals surface area contributed by atoms with Crippen molar-refractivity contribution in [3.8, 4) is 0 Å². The molecule has 0 heterocycles. The lowest BCUT2D eigenvalue weighted by atomic mass is 9.88. The van der Waals surface area contributed by atoms with Crippen LogP contribution in [-0.2, 0) is 4.74 Å². The topological polar surface area (TPSA) is 58.6 Å². The predicted molar refractivity (Wildman–Crippen MR) is 64.3 cm³/mol. The van der Waals surface area contributed by atoms with E-state index in [1.807, 2.05) is 20.8 Å². The van der Waals surface area contributed by atoms with Gasteiger partial charge in [-0.3, -0.25) is 0 Å². The highest BCUT2D eigenvalue weighted by atomic mass is 16.5. The third-order valence-corrected chi connectivity index (χ3v) is 2.32. The summed E-state index contributed by atoms with van der Waals surface area (Å²) in [6.45, 7) is 10.1. The zero-order chi connectivity index (χ0) is 12.6. The largest absolute Gasteiger partial charge is 0.449 e. The van der Waals surface area contributed by atoms with Crippen molar-refractivity contribution in [1.82, 2.24) is 5.32 Å². The zero-order valence-corrected chi connectivity index (χ0v) is 10.5. The molecule has 0 aromatic heterocycles. The lowest BCUT2D eigenvalue weighted by Gasteiger charge is -2.26. The highest BCUT2D eigenvalue weighted by molar-refractivity contribution is 5.67. The van der Waals surface area contributed by atoms with Crippen LogP contribution < -0.4 is 5.32 Å². The molecular formula is C12H23NO3. The van der Waals surface area contributed by atoms with Crippen molar-refractivity contribution in [2.45, 2.75) is 33.6 Å². The van der Waals surface area contributed by atoms with E-state index >= 15 is 0 Å². The summed E-state index contributed by atoms with van der Waals surface area (Å²) in [6, 6.07) is 0. The standard InChI is InChI=1S/C12H23NO3/c1-5-6-12(4,8-14)9-16-11(15)13-7-10(2)3/h14H,2,5-9H2,1,3-4H3,(H,13,15). The Bertz CT molecular complexity index is 240. The van der Waals surface area contributed by atoms with E-state index in [0.29, 0.717) is 6.54 Å². The first-order chi connectivity index (χ1) is 7.43. The van der Waals surface area contributed by atoms with Gasteiger partial charge in [-0.05, 0) is 13.3 Å². The molecule has 0 saturated carbocycles. The van der Waals surface area contributed by atoms with Crippen LogP contribution in [-0.4, -0.2) is 31.0 Å². The van der Waals surface area contributed by atoms with Gasteiger partial charge in [0.15, 0.2) is 0 Å². The SMILES string of the molecule is C=C(C)CNC(=O)OCC(C)(CO)CCC. The first-order valence-electron chi connectivity index (χ1n) is 5.59. The molecule has 1 unspecified atom stereocenters. The zero-order valence-electron chi connectivity index (χ0n) is 10.5. The van der Waals surface area contributed by atoms with Crippen molar-refractivity contribution in [3.05, 3.63) is 12.2 Å². The molecule has 0 bridgehead atoms. The fourth-order valence-electron chi connectivity index (χ4n) is 1.31. The molecule has 0 aliphatic heterocycles. The van der Waals surface area contributed by atoms with Gasteiger partial charge in [-0.2, -0.15) is 0 Å². The number of amides is 1. The van der Waals surface area contributed by atoms with Gasteiger partial charge in [-0.15, -0.1) is 0 Å². The van der Waals surface area contributed by atoms with E-state index in [1.54, 1.807) is 0 Å². The van der Waals surface area contributed by atoms with E-state index in [9.17, 15) is 9.90 Å². The molecule has 1 atom stereocenters. The Hall–Kier alpha value is -1.03. The molecule has 0 radical (unpaired) electrons. The van der Waals surface area contributed by atoms with Gasteiger partial charge in [-0.1, -0.05) is 32.4 Å². The Morgan fingerprint density at radius 1 is 1.56 bits per heavy atom. The molecule has 0 aliphatic rings. The molecule has 94 valence electrons. The predicted octanol–water partition coefficient (Wildman–Crippen LogP) is 2.09. The Balaban J connectivity index is 3.92. The minimum atomic E-state index is -0.459. The van der Waals surface area contributed by atoms with Crippen LogP contribution >= 0.6 is 0 Å². The van der Waals surface area contributed by atoms with E-state index in [4.69, 9.17) is 4.74 Å². The number of ether oxygens (including phenoxy) is 1. The summed E-state index contributed by atoms with van der Waals surface area (Å²) in [7, 11) is 0. The summed E-state index contributed by atoms with van der Waals surface area (Å²) >= 11 is 0. The van der Waals surface area contributed by atoms with Gasteiger partial charge >= 0.3 is 6.09 Å². The molecule has 0 aromatic rings. The maximum absolute atomic E-state index is 11.3. The molecule has 4 heteroatoms. The maximum Gasteiger partial charge on any atom is 0.407 e. The normalized spacial score (nSPS) is 14.0. The average molecular weight is 229 g/mol. The molecule has 4 nitrogen and oxygen atoms in total. The summed E-state index contributed by atoms with van der Waals surface area (Å²) in [6.07, 6.45) is 1.32. The molecule has 16 heavy (non-hydrogen) atoms. The van der Waals surface area contributed by atoms with Gasteiger partial charge in [-0.25, -0.2) is 4.79 Å². The van der Waals surface area contributed by atoms with E-state index in [1.165, 1.54) is 0 Å². The Morgan fingerprint density at radius 2 is 2.19 bits per heavy atom. The number of carbonyl (C=O) groups excluding carboxylic acids is 1. The van der Waals surface area contributed by atoms with Gasteiger partial charge in [0.25, 0.3) is 0 Å². The summed E-state index contributed by atoms with van der Waals surface area (Å²) in [5.74, 6) is 0. The summed E-state index contributed by atoms with van der Waals surface area (Å²) < 4.78 is 5.05. The molecule has 0 aliphatic carbocycles. The van der Waals surface area contributed by atoms with Gasteiger partial charge in [0.1, 0.15) is 6.61 Å². The van der Waals surface area contributed by atoms with Crippen LogP contribution in [0.4, 0.5) is 4.79 Å². The fraction of sp³-hybridized carbons (Fsp3) is 0.750. The van der Waals surface area contributed by atoms with Crippen molar-refractivity contribution in [2.24, 2.45) is 5.41 Å². The van der Waals surface area contributed by atoms with E-state index in [0.717, 1.165) is 18.4 Å². The Morgan fingerprint density at radius 3 is 2.62 bits per heavy atom. The van der Waals surface area contributed by atoms with E-state index in [-0.39, 0.29) is 18.6 Å². The second-order valence-electron chi connectivity index (χ2n) is 4.61. The van der Waals surface area contributed by atoms with Crippen LogP contribution in [0.3, 0.4) is 0 Å². The number of hydrogen-bond acceptors (Lipinski definition) is 3. The van der Waals surface area contributed by atoms with Crippen molar-refractivity contribution in [1.29, 1.82) is 0 Å².